The van der Waals surface area contributed by atoms with Crippen LogP contribution in [0.1, 0.15) is 31.4 Å². The van der Waals surface area contributed by atoms with Crippen LogP contribution in [-0.4, -0.2) is 47.3 Å². The van der Waals surface area contributed by atoms with Gasteiger partial charge in [-0.15, -0.1) is 0 Å². The number of aliphatic hydroxyl groups excluding tert-OH is 1. The molecule has 0 amide bonds. The van der Waals surface area contributed by atoms with Gasteiger partial charge in [0.2, 0.25) is 0 Å². The predicted octanol–water partition coefficient (Wildman–Crippen LogP) is 2.43. The third-order valence-corrected chi connectivity index (χ3v) is 4.38. The minimum absolute atomic E-state index is 0.268. The Balaban J connectivity index is 1.78. The molecule has 1 N–H and O–H groups in total. The van der Waals surface area contributed by atoms with E-state index in [0.717, 1.165) is 11.1 Å². The number of rotatable bonds is 9. The van der Waals surface area contributed by atoms with Crippen LogP contribution in [0.4, 0.5) is 0 Å². The molecule has 176 valence electrons. The van der Waals surface area contributed by atoms with Gasteiger partial charge in [0.1, 0.15) is 11.5 Å². The van der Waals surface area contributed by atoms with E-state index < -0.39 is 48.6 Å². The predicted molar refractivity (Wildman–Crippen MR) is 115 cm³/mol. The molecule has 0 aliphatic rings. The van der Waals surface area contributed by atoms with E-state index in [9.17, 15) is 24.3 Å². The molecule has 33 heavy (non-hydrogen) atoms. The van der Waals surface area contributed by atoms with E-state index in [2.05, 4.69) is 0 Å². The monoisotopic (exact) mass is 458 g/mol. The lowest BCUT2D eigenvalue weighted by molar-refractivity contribution is -0.172. The van der Waals surface area contributed by atoms with Crippen LogP contribution < -0.4 is 9.47 Å². The quantitative estimate of drug-likeness (QED) is 0.445. The van der Waals surface area contributed by atoms with E-state index in [1.807, 2.05) is 13.8 Å². The Morgan fingerprint density at radius 3 is 1.52 bits per heavy atom. The molecule has 9 nitrogen and oxygen atoms in total. The summed E-state index contributed by atoms with van der Waals surface area (Å²) in [4.78, 5) is 48.0. The summed E-state index contributed by atoms with van der Waals surface area (Å²) in [5.74, 6) is -3.36. The van der Waals surface area contributed by atoms with Crippen LogP contribution in [0.15, 0.2) is 48.5 Å². The summed E-state index contributed by atoms with van der Waals surface area (Å²) in [6, 6.07) is 13.3. The van der Waals surface area contributed by atoms with Crippen LogP contribution in [-0.2, 0) is 28.7 Å². The van der Waals surface area contributed by atoms with E-state index in [4.69, 9.17) is 18.9 Å². The fourth-order valence-corrected chi connectivity index (χ4v) is 2.45. The standard InChI is InChI=1S/C24H26O9/c1-14-5-9-18(10-6-14)32-22(27)16(3)30-21(26)13-20(25)24(29)31-17(4)23(28)33-19-11-7-15(2)8-12-19/h5-12,16-17,20,25H,13H2,1-4H3. The summed E-state index contributed by atoms with van der Waals surface area (Å²) < 4.78 is 19.9. The average Bonchev–Trinajstić information content (AvgIpc) is 2.76. The van der Waals surface area contributed by atoms with Crippen molar-refractivity contribution in [3.8, 4) is 11.5 Å². The lowest BCUT2D eigenvalue weighted by Gasteiger charge is -2.16. The van der Waals surface area contributed by atoms with Crippen molar-refractivity contribution in [2.45, 2.75) is 52.4 Å². The molecular formula is C24H26O9. The van der Waals surface area contributed by atoms with Gasteiger partial charge in [-0.05, 0) is 52.0 Å². The number of esters is 4. The van der Waals surface area contributed by atoms with Crippen LogP contribution in [0.25, 0.3) is 0 Å². The molecule has 2 rings (SSSR count). The van der Waals surface area contributed by atoms with Gasteiger partial charge in [0.25, 0.3) is 0 Å². The van der Waals surface area contributed by atoms with Gasteiger partial charge in [-0.1, -0.05) is 35.4 Å². The molecule has 3 atom stereocenters. The molecule has 0 aromatic heterocycles. The van der Waals surface area contributed by atoms with Crippen molar-refractivity contribution < 1.29 is 43.2 Å². The highest BCUT2D eigenvalue weighted by Crippen LogP contribution is 2.14. The molecule has 0 heterocycles. The highest BCUT2D eigenvalue weighted by Gasteiger charge is 2.28. The Morgan fingerprint density at radius 2 is 1.09 bits per heavy atom. The van der Waals surface area contributed by atoms with E-state index in [1.165, 1.54) is 13.8 Å². The van der Waals surface area contributed by atoms with Crippen molar-refractivity contribution in [2.75, 3.05) is 0 Å². The van der Waals surface area contributed by atoms with Crippen molar-refractivity contribution in [1.82, 2.24) is 0 Å². The van der Waals surface area contributed by atoms with Crippen molar-refractivity contribution in [3.63, 3.8) is 0 Å². The Bertz CT molecular complexity index is 980. The first-order valence-corrected chi connectivity index (χ1v) is 10.2. The summed E-state index contributed by atoms with van der Waals surface area (Å²) in [7, 11) is 0. The molecule has 2 aromatic rings. The molecule has 2 aromatic carbocycles. The van der Waals surface area contributed by atoms with Crippen molar-refractivity contribution in [3.05, 3.63) is 59.7 Å². The molecule has 9 heteroatoms. The van der Waals surface area contributed by atoms with Gasteiger partial charge in [-0.25, -0.2) is 14.4 Å². The molecule has 0 radical (unpaired) electrons. The Kier molecular flexibility index (Phi) is 9.11. The minimum Gasteiger partial charge on any atom is -0.451 e. The van der Waals surface area contributed by atoms with Crippen LogP contribution in [0.3, 0.4) is 0 Å². The van der Waals surface area contributed by atoms with Gasteiger partial charge < -0.3 is 24.1 Å². The summed E-state index contributed by atoms with van der Waals surface area (Å²) >= 11 is 0. The van der Waals surface area contributed by atoms with Crippen LogP contribution >= 0.6 is 0 Å². The maximum Gasteiger partial charge on any atom is 0.352 e. The fourth-order valence-electron chi connectivity index (χ4n) is 2.45. The Labute approximate surface area is 191 Å². The molecule has 0 saturated carbocycles. The van der Waals surface area contributed by atoms with Gasteiger partial charge in [0, 0.05) is 0 Å². The van der Waals surface area contributed by atoms with Crippen LogP contribution in [0.2, 0.25) is 0 Å². The second-order valence-corrected chi connectivity index (χ2v) is 7.40. The van der Waals surface area contributed by atoms with Crippen molar-refractivity contribution >= 4 is 23.9 Å². The van der Waals surface area contributed by atoms with Gasteiger partial charge in [-0.3, -0.25) is 4.79 Å². The van der Waals surface area contributed by atoms with Crippen LogP contribution in [0, 0.1) is 13.8 Å². The maximum absolute atomic E-state index is 12.0. The Morgan fingerprint density at radius 1 is 0.697 bits per heavy atom. The average molecular weight is 458 g/mol. The zero-order chi connectivity index (χ0) is 24.5. The second-order valence-electron chi connectivity index (χ2n) is 7.40. The molecule has 0 spiro atoms. The van der Waals surface area contributed by atoms with Gasteiger partial charge in [-0.2, -0.15) is 0 Å². The third kappa shape index (κ3) is 8.38. The summed E-state index contributed by atoms with van der Waals surface area (Å²) in [6.07, 6.45) is -5.27. The van der Waals surface area contributed by atoms with Crippen molar-refractivity contribution in [2.24, 2.45) is 0 Å². The molecular weight excluding hydrogens is 432 g/mol. The zero-order valence-electron chi connectivity index (χ0n) is 18.8. The number of carbonyl (C=O) groups excluding carboxylic acids is 4. The highest BCUT2D eigenvalue weighted by molar-refractivity contribution is 5.86. The SMILES string of the molecule is Cc1ccc(OC(=O)C(C)OC(=O)CC(O)C(=O)OC(C)C(=O)Oc2ccc(C)cc2)cc1. The highest BCUT2D eigenvalue weighted by atomic mass is 16.6. The fraction of sp³-hybridized carbons (Fsp3) is 0.333. The summed E-state index contributed by atoms with van der Waals surface area (Å²) in [5, 5.41) is 9.91. The second kappa shape index (κ2) is 11.8. The lowest BCUT2D eigenvalue weighted by Crippen LogP contribution is -2.35. The first-order chi connectivity index (χ1) is 15.5. The molecule has 0 bridgehead atoms. The largest absolute Gasteiger partial charge is 0.451 e. The molecule has 3 unspecified atom stereocenters. The van der Waals surface area contributed by atoms with Gasteiger partial charge in [0.05, 0.1) is 6.42 Å². The number of aryl methyl sites for hydroxylation is 2. The molecule has 0 saturated heterocycles. The summed E-state index contributed by atoms with van der Waals surface area (Å²) in [5.41, 5.74) is 1.95. The topological polar surface area (TPSA) is 125 Å². The minimum atomic E-state index is -1.90. The van der Waals surface area contributed by atoms with Crippen LogP contribution in [0.5, 0.6) is 11.5 Å². The first kappa shape index (κ1) is 25.5. The number of aliphatic hydroxyl groups is 1. The number of hydrogen-bond acceptors (Lipinski definition) is 9. The number of ether oxygens (including phenoxy) is 4. The molecule has 0 fully saturated rings. The Hall–Kier alpha value is -3.72. The first-order valence-electron chi connectivity index (χ1n) is 10.2. The van der Waals surface area contributed by atoms with E-state index in [0.29, 0.717) is 0 Å². The smallest absolute Gasteiger partial charge is 0.352 e. The summed E-state index contributed by atoms with van der Waals surface area (Å²) in [6.45, 7) is 6.31. The lowest BCUT2D eigenvalue weighted by atomic mass is 10.2. The third-order valence-electron chi connectivity index (χ3n) is 4.38. The number of hydrogen-bond donors (Lipinski definition) is 1. The van der Waals surface area contributed by atoms with E-state index in [1.54, 1.807) is 48.5 Å². The maximum atomic E-state index is 12.0. The van der Waals surface area contributed by atoms with Gasteiger partial charge >= 0.3 is 23.9 Å². The van der Waals surface area contributed by atoms with E-state index >= 15 is 0 Å². The van der Waals surface area contributed by atoms with E-state index in [-0.39, 0.29) is 11.5 Å². The van der Waals surface area contributed by atoms with Gasteiger partial charge in [0.15, 0.2) is 18.3 Å². The molecule has 0 aliphatic carbocycles. The zero-order valence-corrected chi connectivity index (χ0v) is 18.8. The number of benzene rings is 2. The number of carbonyl (C=O) groups is 4. The van der Waals surface area contributed by atoms with Crippen molar-refractivity contribution in [1.29, 1.82) is 0 Å². The normalized spacial score (nSPS) is 13.2. The molecule has 0 aliphatic heterocycles.